The molecule has 0 radical (unpaired) electrons. The summed E-state index contributed by atoms with van der Waals surface area (Å²) in [6.07, 6.45) is 1.85. The van der Waals surface area contributed by atoms with E-state index in [0.29, 0.717) is 12.2 Å². The van der Waals surface area contributed by atoms with Crippen LogP contribution in [0.15, 0.2) is 59.6 Å². The van der Waals surface area contributed by atoms with Gasteiger partial charge in [0.05, 0.1) is 17.9 Å². The van der Waals surface area contributed by atoms with Crippen molar-refractivity contribution in [2.75, 3.05) is 6.61 Å². The van der Waals surface area contributed by atoms with Gasteiger partial charge in [-0.2, -0.15) is 0 Å². The minimum Gasteiger partial charge on any atom is -0.462 e. The van der Waals surface area contributed by atoms with E-state index in [9.17, 15) is 4.79 Å². The number of carbonyl (C=O) groups is 1. The number of aliphatic imine (C=N–C) groups is 1. The second-order valence-corrected chi connectivity index (χ2v) is 8.49. The van der Waals surface area contributed by atoms with Gasteiger partial charge in [0.25, 0.3) is 0 Å². The minimum absolute atomic E-state index is 0.134. The molecule has 1 aromatic heterocycles. The van der Waals surface area contributed by atoms with Gasteiger partial charge in [-0.25, -0.2) is 4.79 Å². The van der Waals surface area contributed by atoms with Gasteiger partial charge in [-0.15, -0.1) is 0 Å². The number of hydrogen-bond donors (Lipinski definition) is 0. The summed E-state index contributed by atoms with van der Waals surface area (Å²) in [5.74, 6) is -0.327. The second-order valence-electron chi connectivity index (χ2n) is 8.49. The summed E-state index contributed by atoms with van der Waals surface area (Å²) >= 11 is 0. The van der Waals surface area contributed by atoms with Gasteiger partial charge in [-0.3, -0.25) is 4.99 Å². The highest BCUT2D eigenvalue weighted by molar-refractivity contribution is 5.91. The third-order valence-corrected chi connectivity index (χ3v) is 5.17. The Morgan fingerprint density at radius 3 is 2.40 bits per heavy atom. The number of hydrogen-bond acceptors (Lipinski definition) is 3. The number of aryl methyl sites for hydroxylation is 1. The Bertz CT molecular complexity index is 1070. The van der Waals surface area contributed by atoms with E-state index in [2.05, 4.69) is 74.5 Å². The Kier molecular flexibility index (Phi) is 6.25. The van der Waals surface area contributed by atoms with Crippen molar-refractivity contribution in [3.63, 3.8) is 0 Å². The fourth-order valence-corrected chi connectivity index (χ4v) is 3.50. The maximum Gasteiger partial charge on any atom is 0.338 e. The highest BCUT2D eigenvalue weighted by Crippen LogP contribution is 2.26. The molecule has 0 spiro atoms. The molecule has 30 heavy (non-hydrogen) atoms. The van der Waals surface area contributed by atoms with E-state index < -0.39 is 0 Å². The normalized spacial score (nSPS) is 11.8. The molecule has 4 heteroatoms. The van der Waals surface area contributed by atoms with Crippen molar-refractivity contribution < 1.29 is 9.53 Å². The lowest BCUT2D eigenvalue weighted by atomic mass is 9.87. The average Bonchev–Trinajstić information content (AvgIpc) is 2.99. The maximum atomic E-state index is 11.9. The summed E-state index contributed by atoms with van der Waals surface area (Å²) in [5, 5.41) is 0. The van der Waals surface area contributed by atoms with E-state index in [1.54, 1.807) is 19.1 Å². The van der Waals surface area contributed by atoms with Crippen LogP contribution < -0.4 is 0 Å². The number of nitrogens with zero attached hydrogens (tertiary/aromatic N) is 2. The van der Waals surface area contributed by atoms with Crippen molar-refractivity contribution in [1.29, 1.82) is 0 Å². The highest BCUT2D eigenvalue weighted by atomic mass is 16.5. The smallest absolute Gasteiger partial charge is 0.338 e. The Balaban J connectivity index is 1.88. The minimum atomic E-state index is -0.327. The summed E-state index contributed by atoms with van der Waals surface area (Å²) < 4.78 is 7.31. The van der Waals surface area contributed by atoms with Crippen LogP contribution in [0.3, 0.4) is 0 Å². The van der Waals surface area contributed by atoms with Crippen LogP contribution in [0.5, 0.6) is 0 Å². The van der Waals surface area contributed by atoms with Crippen LogP contribution >= 0.6 is 0 Å². The predicted octanol–water partition coefficient (Wildman–Crippen LogP) is 6.32. The average molecular weight is 403 g/mol. The third kappa shape index (κ3) is 4.70. The van der Waals surface area contributed by atoms with Gasteiger partial charge in [0.15, 0.2) is 0 Å². The molecule has 3 rings (SSSR count). The Morgan fingerprint density at radius 2 is 1.77 bits per heavy atom. The first-order valence-corrected chi connectivity index (χ1v) is 10.3. The molecule has 4 nitrogen and oxygen atoms in total. The van der Waals surface area contributed by atoms with Gasteiger partial charge in [-0.05, 0) is 68.1 Å². The van der Waals surface area contributed by atoms with Crippen LogP contribution in [0.25, 0.3) is 5.69 Å². The van der Waals surface area contributed by atoms with Gasteiger partial charge in [0.1, 0.15) is 0 Å². The number of rotatable bonds is 5. The Morgan fingerprint density at radius 1 is 1.07 bits per heavy atom. The molecule has 0 aliphatic carbocycles. The van der Waals surface area contributed by atoms with Gasteiger partial charge in [0, 0.05) is 28.9 Å². The second kappa shape index (κ2) is 8.70. The molecule has 0 aliphatic heterocycles. The molecule has 0 aliphatic rings. The molecular weight excluding hydrogens is 372 g/mol. The Hall–Kier alpha value is -3.14. The quantitative estimate of drug-likeness (QED) is 0.370. The van der Waals surface area contributed by atoms with E-state index in [4.69, 9.17) is 4.74 Å². The van der Waals surface area contributed by atoms with Crippen molar-refractivity contribution in [3.05, 3.63) is 82.7 Å². The van der Waals surface area contributed by atoms with Gasteiger partial charge in [0.2, 0.25) is 0 Å². The lowest BCUT2D eigenvalue weighted by molar-refractivity contribution is 0.0526. The molecule has 1 heterocycles. The van der Waals surface area contributed by atoms with Crippen LogP contribution in [-0.2, 0) is 10.2 Å². The van der Waals surface area contributed by atoms with Crippen molar-refractivity contribution in [1.82, 2.24) is 4.57 Å². The predicted molar refractivity (Wildman–Crippen MR) is 124 cm³/mol. The van der Waals surface area contributed by atoms with Crippen molar-refractivity contribution in [2.45, 2.75) is 47.0 Å². The molecule has 0 atom stereocenters. The largest absolute Gasteiger partial charge is 0.462 e. The number of carbonyl (C=O) groups excluding carboxylic acids is 1. The number of ether oxygens (including phenoxy) is 1. The van der Waals surface area contributed by atoms with Crippen molar-refractivity contribution >= 4 is 17.9 Å². The first-order valence-electron chi connectivity index (χ1n) is 10.3. The molecular formula is C26H30N2O2. The zero-order chi connectivity index (χ0) is 21.9. The molecule has 0 N–H and O–H groups in total. The number of aromatic nitrogens is 1. The van der Waals surface area contributed by atoms with Crippen LogP contribution in [-0.4, -0.2) is 23.4 Å². The molecule has 3 aromatic rings. The van der Waals surface area contributed by atoms with Gasteiger partial charge >= 0.3 is 5.97 Å². The van der Waals surface area contributed by atoms with Crippen LogP contribution in [0.1, 0.15) is 60.6 Å². The van der Waals surface area contributed by atoms with Gasteiger partial charge < -0.3 is 9.30 Å². The first-order chi connectivity index (χ1) is 14.2. The monoisotopic (exact) mass is 402 g/mol. The van der Waals surface area contributed by atoms with E-state index >= 15 is 0 Å². The van der Waals surface area contributed by atoms with Gasteiger partial charge in [-0.1, -0.05) is 39.0 Å². The molecule has 0 amide bonds. The van der Waals surface area contributed by atoms with Crippen LogP contribution in [0.2, 0.25) is 0 Å². The van der Waals surface area contributed by atoms with E-state index in [0.717, 1.165) is 28.3 Å². The fourth-order valence-electron chi connectivity index (χ4n) is 3.50. The molecule has 156 valence electrons. The molecule has 2 aromatic carbocycles. The zero-order valence-corrected chi connectivity index (χ0v) is 18.7. The lowest BCUT2D eigenvalue weighted by Gasteiger charge is -2.20. The lowest BCUT2D eigenvalue weighted by Crippen LogP contribution is -2.11. The maximum absolute atomic E-state index is 11.9. The standard InChI is InChI=1S/C26H30N2O2/c1-7-30-25(29)20-9-8-10-23(16-20)27-17-21-15-18(2)28(19(21)3)24-13-11-22(12-14-24)26(4,5)6/h8-17H,7H2,1-6H3. The molecule has 0 bridgehead atoms. The van der Waals surface area contributed by atoms with Crippen molar-refractivity contribution in [2.24, 2.45) is 4.99 Å². The van der Waals surface area contributed by atoms with E-state index in [1.165, 1.54) is 5.56 Å². The third-order valence-electron chi connectivity index (χ3n) is 5.17. The summed E-state index contributed by atoms with van der Waals surface area (Å²) in [6.45, 7) is 13.0. The number of esters is 1. The first kappa shape index (κ1) is 21.6. The molecule has 0 unspecified atom stereocenters. The van der Waals surface area contributed by atoms with E-state index in [-0.39, 0.29) is 11.4 Å². The molecule has 0 saturated carbocycles. The number of benzene rings is 2. The summed E-state index contributed by atoms with van der Waals surface area (Å²) in [5.41, 5.74) is 7.15. The topological polar surface area (TPSA) is 43.6 Å². The van der Waals surface area contributed by atoms with E-state index in [1.807, 2.05) is 18.3 Å². The molecule has 0 fully saturated rings. The zero-order valence-electron chi connectivity index (χ0n) is 18.7. The fraction of sp³-hybridized carbons (Fsp3) is 0.308. The summed E-state index contributed by atoms with van der Waals surface area (Å²) in [6, 6.07) is 18.1. The van der Waals surface area contributed by atoms with Crippen LogP contribution in [0, 0.1) is 13.8 Å². The summed E-state index contributed by atoms with van der Waals surface area (Å²) in [4.78, 5) is 16.5. The van der Waals surface area contributed by atoms with Crippen molar-refractivity contribution in [3.8, 4) is 5.69 Å². The van der Waals surface area contributed by atoms with Crippen LogP contribution in [0.4, 0.5) is 5.69 Å². The summed E-state index contributed by atoms with van der Waals surface area (Å²) in [7, 11) is 0. The SMILES string of the molecule is CCOC(=O)c1cccc(N=Cc2cc(C)n(-c3ccc(C(C)(C)C)cc3)c2C)c1. The Labute approximate surface area is 179 Å². The highest BCUT2D eigenvalue weighted by Gasteiger charge is 2.15. The molecule has 0 saturated heterocycles.